The van der Waals surface area contributed by atoms with Crippen LogP contribution in [0.4, 0.5) is 0 Å². The van der Waals surface area contributed by atoms with Gasteiger partial charge in [0.15, 0.2) is 0 Å². The Labute approximate surface area is 133 Å². The number of hydrogen-bond donors (Lipinski definition) is 0. The first-order valence-corrected chi connectivity index (χ1v) is 9.48. The molecule has 0 aromatic carbocycles. The van der Waals surface area contributed by atoms with Crippen molar-refractivity contribution in [2.24, 2.45) is 5.92 Å². The van der Waals surface area contributed by atoms with Crippen LogP contribution in [-0.4, -0.2) is 28.7 Å². The molecule has 1 aliphatic heterocycles. The van der Waals surface area contributed by atoms with Crippen molar-refractivity contribution in [1.82, 2.24) is 4.90 Å². The first-order valence-electron chi connectivity index (χ1n) is 8.57. The maximum absolute atomic E-state index is 12.1. The van der Waals surface area contributed by atoms with Crippen LogP contribution in [0.5, 0.6) is 0 Å². The second-order valence-corrected chi connectivity index (χ2v) is 7.71. The highest BCUT2D eigenvalue weighted by Gasteiger charge is 2.24. The van der Waals surface area contributed by atoms with E-state index in [2.05, 4.69) is 34.7 Å². The fourth-order valence-electron chi connectivity index (χ4n) is 3.00. The maximum Gasteiger partial charge on any atom is 0.222 e. The minimum Gasteiger partial charge on any atom is -0.343 e. The van der Waals surface area contributed by atoms with E-state index in [4.69, 9.17) is 0 Å². The lowest BCUT2D eigenvalue weighted by molar-refractivity contribution is -0.132. The molecular formula is C17H32BrNO. The average molecular weight is 346 g/mol. The second-order valence-electron chi connectivity index (χ2n) is 6.27. The van der Waals surface area contributed by atoms with Crippen molar-refractivity contribution in [3.63, 3.8) is 0 Å². The number of likely N-dealkylation sites (tertiary alicyclic amines) is 1. The zero-order valence-electron chi connectivity index (χ0n) is 13.4. The molecule has 0 radical (unpaired) electrons. The van der Waals surface area contributed by atoms with Gasteiger partial charge in [0.1, 0.15) is 0 Å². The van der Waals surface area contributed by atoms with Gasteiger partial charge >= 0.3 is 0 Å². The van der Waals surface area contributed by atoms with Gasteiger partial charge in [0.25, 0.3) is 0 Å². The SMILES string of the molecule is CCCCCCCCCC(=O)N1CCC(C(C)Br)CC1. The van der Waals surface area contributed by atoms with Crippen molar-refractivity contribution in [3.8, 4) is 0 Å². The summed E-state index contributed by atoms with van der Waals surface area (Å²) in [4.78, 5) is 14.8. The molecule has 1 rings (SSSR count). The molecule has 0 bridgehead atoms. The molecule has 3 heteroatoms. The molecule has 0 N–H and O–H groups in total. The Morgan fingerprint density at radius 1 is 1.10 bits per heavy atom. The molecule has 118 valence electrons. The highest BCUT2D eigenvalue weighted by Crippen LogP contribution is 2.25. The van der Waals surface area contributed by atoms with Crippen LogP contribution in [0, 0.1) is 5.92 Å². The normalized spacial score (nSPS) is 18.2. The molecule has 1 fully saturated rings. The molecule has 1 saturated heterocycles. The summed E-state index contributed by atoms with van der Waals surface area (Å²) >= 11 is 3.67. The summed E-state index contributed by atoms with van der Waals surface area (Å²) in [5.41, 5.74) is 0. The highest BCUT2D eigenvalue weighted by molar-refractivity contribution is 9.09. The molecule has 0 spiro atoms. The fraction of sp³-hybridized carbons (Fsp3) is 0.941. The Morgan fingerprint density at radius 2 is 1.65 bits per heavy atom. The lowest BCUT2D eigenvalue weighted by Gasteiger charge is -2.33. The third-order valence-corrected chi connectivity index (χ3v) is 5.28. The zero-order valence-corrected chi connectivity index (χ0v) is 15.0. The third-order valence-electron chi connectivity index (χ3n) is 4.54. The minimum absolute atomic E-state index is 0.388. The molecular weight excluding hydrogens is 314 g/mol. The standard InChI is InChI=1S/C17H32BrNO/c1-3-4-5-6-7-8-9-10-17(20)19-13-11-16(12-14-19)15(2)18/h15-16H,3-14H2,1-2H3. The van der Waals surface area contributed by atoms with E-state index in [1.54, 1.807) is 0 Å². The molecule has 0 aromatic rings. The lowest BCUT2D eigenvalue weighted by Crippen LogP contribution is -2.39. The van der Waals surface area contributed by atoms with E-state index in [9.17, 15) is 4.79 Å². The predicted molar refractivity (Wildman–Crippen MR) is 90.3 cm³/mol. The maximum atomic E-state index is 12.1. The molecule has 1 atom stereocenters. The van der Waals surface area contributed by atoms with Gasteiger partial charge in [0.2, 0.25) is 5.91 Å². The van der Waals surface area contributed by atoms with Gasteiger partial charge in [-0.1, -0.05) is 68.3 Å². The summed E-state index contributed by atoms with van der Waals surface area (Å²) in [7, 11) is 0. The molecule has 1 aliphatic rings. The van der Waals surface area contributed by atoms with Crippen molar-refractivity contribution in [2.45, 2.75) is 82.9 Å². The highest BCUT2D eigenvalue weighted by atomic mass is 79.9. The number of halogens is 1. The van der Waals surface area contributed by atoms with Gasteiger partial charge < -0.3 is 4.90 Å². The summed E-state index contributed by atoms with van der Waals surface area (Å²) < 4.78 is 0. The summed E-state index contributed by atoms with van der Waals surface area (Å²) in [6.07, 6.45) is 12.1. The average Bonchev–Trinajstić information content (AvgIpc) is 2.46. The van der Waals surface area contributed by atoms with Crippen LogP contribution in [-0.2, 0) is 4.79 Å². The van der Waals surface area contributed by atoms with Gasteiger partial charge in [0, 0.05) is 24.3 Å². The summed E-state index contributed by atoms with van der Waals surface area (Å²) in [6, 6.07) is 0. The largest absolute Gasteiger partial charge is 0.343 e. The molecule has 1 amide bonds. The molecule has 1 heterocycles. The van der Waals surface area contributed by atoms with E-state index in [0.29, 0.717) is 10.7 Å². The number of unbranched alkanes of at least 4 members (excludes halogenated alkanes) is 6. The van der Waals surface area contributed by atoms with Gasteiger partial charge in [0.05, 0.1) is 0 Å². The Morgan fingerprint density at radius 3 is 2.20 bits per heavy atom. The number of amides is 1. The van der Waals surface area contributed by atoms with Gasteiger partial charge in [-0.2, -0.15) is 0 Å². The van der Waals surface area contributed by atoms with Crippen molar-refractivity contribution in [2.75, 3.05) is 13.1 Å². The zero-order chi connectivity index (χ0) is 14.8. The van der Waals surface area contributed by atoms with Crippen LogP contribution in [0.2, 0.25) is 0 Å². The van der Waals surface area contributed by atoms with Crippen LogP contribution >= 0.6 is 15.9 Å². The van der Waals surface area contributed by atoms with Crippen LogP contribution in [0.15, 0.2) is 0 Å². The van der Waals surface area contributed by atoms with Crippen molar-refractivity contribution in [1.29, 1.82) is 0 Å². The number of rotatable bonds is 9. The molecule has 0 aliphatic carbocycles. The minimum atomic E-state index is 0.388. The smallest absolute Gasteiger partial charge is 0.222 e. The monoisotopic (exact) mass is 345 g/mol. The van der Waals surface area contributed by atoms with E-state index < -0.39 is 0 Å². The number of hydrogen-bond acceptors (Lipinski definition) is 1. The Bertz CT molecular complexity index is 260. The van der Waals surface area contributed by atoms with E-state index >= 15 is 0 Å². The van der Waals surface area contributed by atoms with Crippen LogP contribution < -0.4 is 0 Å². The van der Waals surface area contributed by atoms with E-state index in [0.717, 1.165) is 44.7 Å². The van der Waals surface area contributed by atoms with Crippen molar-refractivity contribution < 1.29 is 4.79 Å². The fourth-order valence-corrected chi connectivity index (χ4v) is 3.53. The Kier molecular flexibility index (Phi) is 9.58. The number of nitrogens with zero attached hydrogens (tertiary/aromatic N) is 1. The quantitative estimate of drug-likeness (QED) is 0.418. The number of piperidine rings is 1. The van der Waals surface area contributed by atoms with Gasteiger partial charge in [-0.15, -0.1) is 0 Å². The van der Waals surface area contributed by atoms with E-state index in [1.165, 1.54) is 38.5 Å². The molecule has 0 saturated carbocycles. The third kappa shape index (κ3) is 7.10. The summed E-state index contributed by atoms with van der Waals surface area (Å²) in [5, 5.41) is 0. The van der Waals surface area contributed by atoms with Crippen LogP contribution in [0.1, 0.15) is 78.1 Å². The molecule has 1 unspecified atom stereocenters. The van der Waals surface area contributed by atoms with Gasteiger partial charge in [-0.3, -0.25) is 4.79 Å². The van der Waals surface area contributed by atoms with E-state index in [1.807, 2.05) is 0 Å². The number of alkyl halides is 1. The summed E-state index contributed by atoms with van der Waals surface area (Å²) in [6.45, 7) is 6.41. The number of carbonyl (C=O) groups is 1. The lowest BCUT2D eigenvalue weighted by atomic mass is 9.94. The molecule has 0 aromatic heterocycles. The topological polar surface area (TPSA) is 20.3 Å². The predicted octanol–water partition coefficient (Wildman–Crippen LogP) is 5.15. The first kappa shape index (κ1) is 18.0. The summed E-state index contributed by atoms with van der Waals surface area (Å²) in [5.74, 6) is 1.14. The van der Waals surface area contributed by atoms with Crippen LogP contribution in [0.3, 0.4) is 0 Å². The van der Waals surface area contributed by atoms with Crippen molar-refractivity contribution >= 4 is 21.8 Å². The molecule has 20 heavy (non-hydrogen) atoms. The number of carbonyl (C=O) groups excluding carboxylic acids is 1. The Balaban J connectivity index is 2.03. The second kappa shape index (κ2) is 10.6. The van der Waals surface area contributed by atoms with Gasteiger partial charge in [-0.05, 0) is 25.2 Å². The van der Waals surface area contributed by atoms with Crippen molar-refractivity contribution in [3.05, 3.63) is 0 Å². The first-order chi connectivity index (χ1) is 9.65. The van der Waals surface area contributed by atoms with E-state index in [-0.39, 0.29) is 0 Å². The molecule has 2 nitrogen and oxygen atoms in total. The van der Waals surface area contributed by atoms with Crippen LogP contribution in [0.25, 0.3) is 0 Å². The Hall–Kier alpha value is -0.0500. The van der Waals surface area contributed by atoms with Gasteiger partial charge in [-0.25, -0.2) is 0 Å².